The van der Waals surface area contributed by atoms with E-state index < -0.39 is 15.9 Å². The quantitative estimate of drug-likeness (QED) is 0.507. The topological polar surface area (TPSA) is 86.7 Å². The molecule has 152 valence electrons. The van der Waals surface area contributed by atoms with E-state index in [-0.39, 0.29) is 31.1 Å². The summed E-state index contributed by atoms with van der Waals surface area (Å²) < 4.78 is 28.0. The van der Waals surface area contributed by atoms with Crippen molar-refractivity contribution in [1.29, 1.82) is 0 Å². The Balaban J connectivity index is 2.30. The van der Waals surface area contributed by atoms with Crippen molar-refractivity contribution in [2.75, 3.05) is 19.7 Å². The number of carbonyl (C=O) groups is 1. The van der Waals surface area contributed by atoms with E-state index in [1.807, 2.05) is 0 Å². The molecule has 0 bridgehead atoms. The van der Waals surface area contributed by atoms with Gasteiger partial charge in [0.15, 0.2) is 0 Å². The first-order chi connectivity index (χ1) is 13.2. The lowest BCUT2D eigenvalue weighted by atomic mass is 10.2. The zero-order valence-corrected chi connectivity index (χ0v) is 18.7. The molecule has 0 unspecified atom stereocenters. The highest BCUT2D eigenvalue weighted by atomic mass is 79.9. The van der Waals surface area contributed by atoms with Crippen LogP contribution in [-0.2, 0) is 21.4 Å². The second-order valence-corrected chi connectivity index (χ2v) is 9.57. The average molecular weight is 510 g/mol. The molecule has 0 aliphatic carbocycles. The molecule has 6 nitrogen and oxygen atoms in total. The highest BCUT2D eigenvalue weighted by Crippen LogP contribution is 2.25. The van der Waals surface area contributed by atoms with Crippen LogP contribution in [-0.4, -0.2) is 43.4 Å². The van der Waals surface area contributed by atoms with E-state index in [1.54, 1.807) is 30.3 Å². The molecule has 10 heteroatoms. The van der Waals surface area contributed by atoms with E-state index in [0.717, 1.165) is 8.78 Å². The number of hydrogen-bond donors (Lipinski definition) is 2. The molecule has 0 saturated carbocycles. The molecule has 0 atom stereocenters. The first kappa shape index (κ1) is 23.1. The van der Waals surface area contributed by atoms with Crippen LogP contribution in [0.25, 0.3) is 0 Å². The van der Waals surface area contributed by atoms with Gasteiger partial charge in [-0.3, -0.25) is 4.79 Å². The maximum atomic E-state index is 13.1. The standard InChI is InChI=1S/C18H19BrCl2N2O4S/c19-14-3-5-15(6-4-14)28(26,27)23(12-18(25)22-8-1-9-24)11-13-2-7-16(20)17(21)10-13/h2-7,10,24H,1,8-9,11-12H2,(H,22,25). The number of aliphatic hydroxyl groups is 1. The summed E-state index contributed by atoms with van der Waals surface area (Å²) in [6.07, 6.45) is 0.387. The van der Waals surface area contributed by atoms with E-state index in [2.05, 4.69) is 21.2 Å². The molecule has 0 aromatic heterocycles. The van der Waals surface area contributed by atoms with Crippen LogP contribution in [0.1, 0.15) is 12.0 Å². The van der Waals surface area contributed by atoms with Gasteiger partial charge in [-0.2, -0.15) is 4.31 Å². The Labute approximate surface area is 182 Å². The van der Waals surface area contributed by atoms with Crippen molar-refractivity contribution in [1.82, 2.24) is 9.62 Å². The van der Waals surface area contributed by atoms with E-state index in [9.17, 15) is 13.2 Å². The number of benzene rings is 2. The Bertz CT molecular complexity index is 924. The Kier molecular flexibility index (Phi) is 8.73. The van der Waals surface area contributed by atoms with Gasteiger partial charge in [0, 0.05) is 24.2 Å². The second-order valence-electron chi connectivity index (χ2n) is 5.90. The number of halogens is 3. The van der Waals surface area contributed by atoms with Crippen molar-refractivity contribution in [3.05, 3.63) is 62.5 Å². The number of amides is 1. The maximum absolute atomic E-state index is 13.1. The van der Waals surface area contributed by atoms with Gasteiger partial charge < -0.3 is 10.4 Å². The Morgan fingerprint density at radius 1 is 1.11 bits per heavy atom. The zero-order valence-electron chi connectivity index (χ0n) is 14.7. The lowest BCUT2D eigenvalue weighted by Crippen LogP contribution is -2.40. The van der Waals surface area contributed by atoms with Crippen molar-refractivity contribution in [2.24, 2.45) is 0 Å². The van der Waals surface area contributed by atoms with Gasteiger partial charge in [-0.05, 0) is 48.4 Å². The number of carbonyl (C=O) groups excluding carboxylic acids is 1. The fourth-order valence-electron chi connectivity index (χ4n) is 2.35. The minimum atomic E-state index is -3.94. The van der Waals surface area contributed by atoms with Gasteiger partial charge >= 0.3 is 0 Å². The van der Waals surface area contributed by atoms with Crippen LogP contribution in [0.3, 0.4) is 0 Å². The van der Waals surface area contributed by atoms with Crippen LogP contribution >= 0.6 is 39.1 Å². The van der Waals surface area contributed by atoms with Gasteiger partial charge in [0.25, 0.3) is 0 Å². The van der Waals surface area contributed by atoms with Crippen LogP contribution in [0.4, 0.5) is 0 Å². The molecule has 0 radical (unpaired) electrons. The van der Waals surface area contributed by atoms with Crippen LogP contribution in [0, 0.1) is 0 Å². The smallest absolute Gasteiger partial charge is 0.243 e. The van der Waals surface area contributed by atoms with E-state index in [1.165, 1.54) is 12.1 Å². The summed E-state index contributed by atoms with van der Waals surface area (Å²) in [6.45, 7) is -0.231. The molecule has 28 heavy (non-hydrogen) atoms. The molecule has 2 aromatic rings. The van der Waals surface area contributed by atoms with Gasteiger partial charge in [-0.1, -0.05) is 45.2 Å². The summed E-state index contributed by atoms with van der Waals surface area (Å²) in [4.78, 5) is 12.3. The summed E-state index contributed by atoms with van der Waals surface area (Å²) in [7, 11) is -3.94. The normalized spacial score (nSPS) is 11.6. The third-order valence-electron chi connectivity index (χ3n) is 3.77. The Morgan fingerprint density at radius 3 is 2.39 bits per heavy atom. The zero-order chi connectivity index (χ0) is 20.7. The van der Waals surface area contributed by atoms with Crippen LogP contribution in [0.15, 0.2) is 51.8 Å². The summed E-state index contributed by atoms with van der Waals surface area (Å²) >= 11 is 15.2. The second kappa shape index (κ2) is 10.6. The third kappa shape index (κ3) is 6.43. The number of sulfonamides is 1. The van der Waals surface area contributed by atoms with Crippen molar-refractivity contribution in [3.63, 3.8) is 0 Å². The minimum Gasteiger partial charge on any atom is -0.396 e. The number of nitrogens with one attached hydrogen (secondary N) is 1. The number of nitrogens with zero attached hydrogens (tertiary/aromatic N) is 1. The lowest BCUT2D eigenvalue weighted by molar-refractivity contribution is -0.121. The molecule has 2 N–H and O–H groups in total. The first-order valence-corrected chi connectivity index (χ1v) is 11.3. The van der Waals surface area contributed by atoms with Gasteiger partial charge in [0.1, 0.15) is 0 Å². The molecular weight excluding hydrogens is 491 g/mol. The molecule has 0 fully saturated rings. The van der Waals surface area contributed by atoms with E-state index in [0.29, 0.717) is 22.0 Å². The van der Waals surface area contributed by atoms with E-state index >= 15 is 0 Å². The average Bonchev–Trinajstić information content (AvgIpc) is 2.64. The highest BCUT2D eigenvalue weighted by molar-refractivity contribution is 9.10. The summed E-state index contributed by atoms with van der Waals surface area (Å²) in [5.41, 5.74) is 0.596. The maximum Gasteiger partial charge on any atom is 0.243 e. The minimum absolute atomic E-state index is 0.0529. The molecule has 1 amide bonds. The molecule has 0 saturated heterocycles. The molecule has 0 heterocycles. The number of hydrogen-bond acceptors (Lipinski definition) is 4. The van der Waals surface area contributed by atoms with Crippen LogP contribution in [0.2, 0.25) is 10.0 Å². The largest absolute Gasteiger partial charge is 0.396 e. The molecule has 0 aliphatic rings. The Morgan fingerprint density at radius 2 is 1.79 bits per heavy atom. The summed E-state index contributed by atoms with van der Waals surface area (Å²) in [5.74, 6) is -0.464. The van der Waals surface area contributed by atoms with Crippen molar-refractivity contribution in [3.8, 4) is 0 Å². The summed E-state index contributed by atoms with van der Waals surface area (Å²) in [6, 6.07) is 11.0. The van der Waals surface area contributed by atoms with Crippen LogP contribution in [0.5, 0.6) is 0 Å². The molecule has 0 spiro atoms. The lowest BCUT2D eigenvalue weighted by Gasteiger charge is -2.22. The highest BCUT2D eigenvalue weighted by Gasteiger charge is 2.27. The molecule has 2 aromatic carbocycles. The predicted molar refractivity (Wildman–Crippen MR) is 113 cm³/mol. The monoisotopic (exact) mass is 508 g/mol. The summed E-state index contributed by atoms with van der Waals surface area (Å²) in [5, 5.41) is 12.1. The van der Waals surface area contributed by atoms with Crippen molar-refractivity contribution in [2.45, 2.75) is 17.9 Å². The Hall–Kier alpha value is -1.16. The predicted octanol–water partition coefficient (Wildman–Crippen LogP) is 3.45. The molecule has 2 rings (SSSR count). The van der Waals surface area contributed by atoms with Gasteiger partial charge in [0.05, 0.1) is 21.5 Å². The van der Waals surface area contributed by atoms with Crippen molar-refractivity contribution >= 4 is 55.1 Å². The fraction of sp³-hybridized carbons (Fsp3) is 0.278. The number of aliphatic hydroxyl groups excluding tert-OH is 1. The third-order valence-corrected chi connectivity index (χ3v) is 6.84. The number of rotatable bonds is 9. The molecule has 0 aliphatic heterocycles. The van der Waals surface area contributed by atoms with Crippen LogP contribution < -0.4 is 5.32 Å². The SMILES string of the molecule is O=C(CN(Cc1ccc(Cl)c(Cl)c1)S(=O)(=O)c1ccc(Br)cc1)NCCCO. The van der Waals surface area contributed by atoms with Crippen molar-refractivity contribution < 1.29 is 18.3 Å². The first-order valence-electron chi connectivity index (χ1n) is 8.31. The van der Waals surface area contributed by atoms with Gasteiger partial charge in [0.2, 0.25) is 15.9 Å². The van der Waals surface area contributed by atoms with E-state index in [4.69, 9.17) is 28.3 Å². The fourth-order valence-corrected chi connectivity index (χ4v) is 4.32. The molecular formula is C18H19BrCl2N2O4S. The van der Waals surface area contributed by atoms with Gasteiger partial charge in [-0.15, -0.1) is 0 Å². The van der Waals surface area contributed by atoms with Gasteiger partial charge in [-0.25, -0.2) is 8.42 Å².